The first-order valence-corrected chi connectivity index (χ1v) is 5.27. The molecular weight excluding hydrogens is 196 g/mol. The molecule has 0 spiro atoms. The Morgan fingerprint density at radius 2 is 1.86 bits per heavy atom. The van der Waals surface area contributed by atoms with Crippen LogP contribution in [-0.4, -0.2) is 6.54 Å². The molecule has 0 aromatic heterocycles. The van der Waals surface area contributed by atoms with Crippen LogP contribution in [0.1, 0.15) is 24.4 Å². The topological polar surface area (TPSA) is 52.0 Å². The van der Waals surface area contributed by atoms with Gasteiger partial charge in [-0.1, -0.05) is 23.7 Å². The maximum absolute atomic E-state index is 6.17. The lowest BCUT2D eigenvalue weighted by Gasteiger charge is -2.21. The number of rotatable bonds is 3. The molecule has 0 aliphatic heterocycles. The van der Waals surface area contributed by atoms with Crippen molar-refractivity contribution >= 4 is 11.6 Å². The Kier molecular flexibility index (Phi) is 2.52. The molecule has 1 fully saturated rings. The molecule has 0 heterocycles. The normalized spacial score (nSPS) is 20.5. The van der Waals surface area contributed by atoms with Crippen LogP contribution < -0.4 is 11.5 Å². The van der Waals surface area contributed by atoms with Gasteiger partial charge in [0.25, 0.3) is 0 Å². The van der Waals surface area contributed by atoms with E-state index < -0.39 is 0 Å². The molecule has 1 saturated carbocycles. The lowest BCUT2D eigenvalue weighted by atomic mass is 9.91. The van der Waals surface area contributed by atoms with E-state index in [0.29, 0.717) is 6.54 Å². The summed E-state index contributed by atoms with van der Waals surface area (Å²) in [5, 5.41) is 0.749. The van der Waals surface area contributed by atoms with E-state index in [1.165, 1.54) is 0 Å². The van der Waals surface area contributed by atoms with Crippen molar-refractivity contribution in [1.29, 1.82) is 0 Å². The monoisotopic (exact) mass is 210 g/mol. The standard InChI is InChI=1S/C11H15ClN2/c12-9-3-1-8(2-4-9)10(14)11(7-13)5-6-11/h1-4,10H,5-7,13-14H2. The molecule has 14 heavy (non-hydrogen) atoms. The van der Waals surface area contributed by atoms with Crippen molar-refractivity contribution in [3.05, 3.63) is 34.9 Å². The molecule has 0 bridgehead atoms. The van der Waals surface area contributed by atoms with Gasteiger partial charge >= 0.3 is 0 Å². The molecule has 76 valence electrons. The van der Waals surface area contributed by atoms with Crippen molar-refractivity contribution in [2.45, 2.75) is 18.9 Å². The minimum atomic E-state index is 0.0600. The summed E-state index contributed by atoms with van der Waals surface area (Å²) in [7, 11) is 0. The van der Waals surface area contributed by atoms with Gasteiger partial charge in [-0.3, -0.25) is 0 Å². The van der Waals surface area contributed by atoms with Crippen molar-refractivity contribution in [3.63, 3.8) is 0 Å². The van der Waals surface area contributed by atoms with Gasteiger partial charge in [-0.25, -0.2) is 0 Å². The summed E-state index contributed by atoms with van der Waals surface area (Å²) in [4.78, 5) is 0. The van der Waals surface area contributed by atoms with E-state index in [9.17, 15) is 0 Å². The SMILES string of the molecule is NCC1(C(N)c2ccc(Cl)cc2)CC1. The molecule has 0 amide bonds. The summed E-state index contributed by atoms with van der Waals surface area (Å²) in [6.45, 7) is 0.677. The second kappa shape index (κ2) is 3.54. The van der Waals surface area contributed by atoms with E-state index in [1.807, 2.05) is 24.3 Å². The molecular formula is C11H15ClN2. The minimum Gasteiger partial charge on any atom is -0.330 e. The lowest BCUT2D eigenvalue weighted by Crippen LogP contribution is -2.29. The van der Waals surface area contributed by atoms with Crippen molar-refractivity contribution in [3.8, 4) is 0 Å². The van der Waals surface area contributed by atoms with Crippen molar-refractivity contribution in [2.24, 2.45) is 16.9 Å². The molecule has 0 radical (unpaired) electrons. The van der Waals surface area contributed by atoms with E-state index in [4.69, 9.17) is 23.1 Å². The molecule has 1 aliphatic rings. The van der Waals surface area contributed by atoms with Gasteiger partial charge in [0.2, 0.25) is 0 Å². The summed E-state index contributed by atoms with van der Waals surface area (Å²) >= 11 is 5.81. The molecule has 1 atom stereocenters. The third-order valence-electron chi connectivity index (χ3n) is 3.19. The van der Waals surface area contributed by atoms with Crippen molar-refractivity contribution in [2.75, 3.05) is 6.54 Å². The Labute approximate surface area is 89.2 Å². The van der Waals surface area contributed by atoms with E-state index in [-0.39, 0.29) is 11.5 Å². The van der Waals surface area contributed by atoms with Crippen LogP contribution in [0, 0.1) is 5.41 Å². The van der Waals surface area contributed by atoms with Crippen molar-refractivity contribution < 1.29 is 0 Å². The van der Waals surface area contributed by atoms with Gasteiger partial charge in [0.1, 0.15) is 0 Å². The van der Waals surface area contributed by atoms with Crippen LogP contribution in [0.15, 0.2) is 24.3 Å². The molecule has 4 N–H and O–H groups in total. The van der Waals surface area contributed by atoms with Gasteiger partial charge in [-0.15, -0.1) is 0 Å². The quantitative estimate of drug-likeness (QED) is 0.803. The summed E-state index contributed by atoms with van der Waals surface area (Å²) in [6, 6.07) is 7.79. The molecule has 1 aromatic carbocycles. The van der Waals surface area contributed by atoms with E-state index >= 15 is 0 Å². The highest BCUT2D eigenvalue weighted by Gasteiger charge is 2.46. The van der Waals surface area contributed by atoms with Gasteiger partial charge in [0, 0.05) is 16.5 Å². The third kappa shape index (κ3) is 1.65. The van der Waals surface area contributed by atoms with Gasteiger partial charge in [0.15, 0.2) is 0 Å². The predicted molar refractivity (Wildman–Crippen MR) is 59.1 cm³/mol. The fraction of sp³-hybridized carbons (Fsp3) is 0.455. The Balaban J connectivity index is 2.19. The molecule has 3 heteroatoms. The Hall–Kier alpha value is -0.570. The predicted octanol–water partition coefficient (Wildman–Crippen LogP) is 2.08. The van der Waals surface area contributed by atoms with Gasteiger partial charge in [-0.05, 0) is 37.1 Å². The van der Waals surface area contributed by atoms with Gasteiger partial charge in [-0.2, -0.15) is 0 Å². The smallest absolute Gasteiger partial charge is 0.0406 e. The van der Waals surface area contributed by atoms with E-state index in [1.54, 1.807) is 0 Å². The van der Waals surface area contributed by atoms with Crippen LogP contribution >= 0.6 is 11.6 Å². The van der Waals surface area contributed by atoms with Crippen LogP contribution in [0.2, 0.25) is 5.02 Å². The van der Waals surface area contributed by atoms with E-state index in [2.05, 4.69) is 0 Å². The molecule has 0 saturated heterocycles. The highest BCUT2D eigenvalue weighted by molar-refractivity contribution is 6.30. The zero-order chi connectivity index (χ0) is 10.2. The summed E-state index contributed by atoms with van der Waals surface area (Å²) in [5.74, 6) is 0. The number of benzene rings is 1. The Morgan fingerprint density at radius 3 is 2.29 bits per heavy atom. The number of nitrogens with two attached hydrogens (primary N) is 2. The molecule has 2 nitrogen and oxygen atoms in total. The third-order valence-corrected chi connectivity index (χ3v) is 3.44. The Morgan fingerprint density at radius 1 is 1.29 bits per heavy atom. The van der Waals surface area contributed by atoms with Crippen LogP contribution in [0.4, 0.5) is 0 Å². The number of hydrogen-bond acceptors (Lipinski definition) is 2. The maximum Gasteiger partial charge on any atom is 0.0406 e. The van der Waals surface area contributed by atoms with E-state index in [0.717, 1.165) is 23.4 Å². The fourth-order valence-corrected chi connectivity index (χ4v) is 1.95. The number of hydrogen-bond donors (Lipinski definition) is 2. The maximum atomic E-state index is 6.17. The summed E-state index contributed by atoms with van der Waals surface area (Å²) in [6.07, 6.45) is 2.29. The average molecular weight is 211 g/mol. The van der Waals surface area contributed by atoms with Crippen molar-refractivity contribution in [1.82, 2.24) is 0 Å². The first-order chi connectivity index (χ1) is 6.68. The summed E-state index contributed by atoms with van der Waals surface area (Å²) in [5.41, 5.74) is 13.2. The van der Waals surface area contributed by atoms with Gasteiger partial charge < -0.3 is 11.5 Å². The van der Waals surface area contributed by atoms with Crippen LogP contribution in [-0.2, 0) is 0 Å². The summed E-state index contributed by atoms with van der Waals surface area (Å²) < 4.78 is 0. The largest absolute Gasteiger partial charge is 0.330 e. The second-order valence-corrected chi connectivity index (χ2v) is 4.53. The first kappa shape index (κ1) is 9.97. The first-order valence-electron chi connectivity index (χ1n) is 4.89. The van der Waals surface area contributed by atoms with Gasteiger partial charge in [0.05, 0.1) is 0 Å². The lowest BCUT2D eigenvalue weighted by molar-refractivity contribution is 0.419. The number of halogens is 1. The molecule has 1 aromatic rings. The van der Waals surface area contributed by atoms with Crippen LogP contribution in [0.25, 0.3) is 0 Å². The fourth-order valence-electron chi connectivity index (χ4n) is 1.83. The highest BCUT2D eigenvalue weighted by atomic mass is 35.5. The van der Waals surface area contributed by atoms with Crippen LogP contribution in [0.5, 0.6) is 0 Å². The molecule has 2 rings (SSSR count). The zero-order valence-corrected chi connectivity index (χ0v) is 8.80. The minimum absolute atomic E-state index is 0.0600. The zero-order valence-electron chi connectivity index (χ0n) is 8.04. The molecule has 1 unspecified atom stereocenters. The average Bonchev–Trinajstić information content (AvgIpc) is 2.99. The molecule has 1 aliphatic carbocycles. The Bertz CT molecular complexity index is 317. The highest BCUT2D eigenvalue weighted by Crippen LogP contribution is 2.52. The van der Waals surface area contributed by atoms with Crippen LogP contribution in [0.3, 0.4) is 0 Å². The second-order valence-electron chi connectivity index (χ2n) is 4.10.